The number of rotatable bonds is 6. The van der Waals surface area contributed by atoms with Crippen LogP contribution >= 0.6 is 0 Å². The lowest BCUT2D eigenvalue weighted by Crippen LogP contribution is -2.36. The summed E-state index contributed by atoms with van der Waals surface area (Å²) in [6, 6.07) is 9.03. The second-order valence-electron chi connectivity index (χ2n) is 5.72. The van der Waals surface area contributed by atoms with Crippen LogP contribution in [0.15, 0.2) is 24.3 Å². The third-order valence-corrected chi connectivity index (χ3v) is 4.01. The molecule has 0 aromatic heterocycles. The summed E-state index contributed by atoms with van der Waals surface area (Å²) in [7, 11) is 0. The van der Waals surface area contributed by atoms with Gasteiger partial charge < -0.3 is 5.32 Å². The van der Waals surface area contributed by atoms with Gasteiger partial charge in [0.15, 0.2) is 0 Å². The molecule has 1 atom stereocenters. The van der Waals surface area contributed by atoms with E-state index in [0.29, 0.717) is 12.5 Å². The SMILES string of the molecule is CCCC(=O)NC[C@H](c1ccc(C)cc1)N1CCCC1. The molecule has 1 aliphatic rings. The minimum atomic E-state index is 0.170. The van der Waals surface area contributed by atoms with Crippen molar-refractivity contribution >= 4 is 5.91 Å². The van der Waals surface area contributed by atoms with Gasteiger partial charge in [-0.25, -0.2) is 0 Å². The van der Waals surface area contributed by atoms with Crippen LogP contribution in [0.4, 0.5) is 0 Å². The van der Waals surface area contributed by atoms with Crippen molar-refractivity contribution in [3.63, 3.8) is 0 Å². The Morgan fingerprint density at radius 3 is 2.50 bits per heavy atom. The third kappa shape index (κ3) is 4.07. The molecule has 1 aromatic carbocycles. The Hall–Kier alpha value is -1.35. The summed E-state index contributed by atoms with van der Waals surface area (Å²) in [6.45, 7) is 7.15. The molecule has 3 heteroatoms. The highest BCUT2D eigenvalue weighted by Gasteiger charge is 2.23. The van der Waals surface area contributed by atoms with E-state index in [2.05, 4.69) is 41.4 Å². The molecule has 0 unspecified atom stereocenters. The van der Waals surface area contributed by atoms with Gasteiger partial charge in [-0.3, -0.25) is 9.69 Å². The lowest BCUT2D eigenvalue weighted by atomic mass is 10.0. The van der Waals surface area contributed by atoms with E-state index < -0.39 is 0 Å². The third-order valence-electron chi connectivity index (χ3n) is 4.01. The minimum absolute atomic E-state index is 0.170. The first-order chi connectivity index (χ1) is 9.70. The van der Waals surface area contributed by atoms with Crippen LogP contribution in [0.2, 0.25) is 0 Å². The van der Waals surface area contributed by atoms with Gasteiger partial charge in [0.25, 0.3) is 0 Å². The van der Waals surface area contributed by atoms with Crippen LogP contribution in [0.1, 0.15) is 49.8 Å². The van der Waals surface area contributed by atoms with Crippen LogP contribution in [0.3, 0.4) is 0 Å². The summed E-state index contributed by atoms with van der Waals surface area (Å²) in [5.74, 6) is 0.170. The molecule has 1 aliphatic heterocycles. The number of nitrogens with one attached hydrogen (secondary N) is 1. The van der Waals surface area contributed by atoms with Crippen LogP contribution in [0.5, 0.6) is 0 Å². The zero-order chi connectivity index (χ0) is 14.4. The van der Waals surface area contributed by atoms with Crippen molar-refractivity contribution in [2.45, 2.75) is 45.6 Å². The normalized spacial score (nSPS) is 17.1. The summed E-state index contributed by atoms with van der Waals surface area (Å²) < 4.78 is 0. The van der Waals surface area contributed by atoms with Crippen molar-refractivity contribution in [1.82, 2.24) is 10.2 Å². The maximum Gasteiger partial charge on any atom is 0.220 e. The Balaban J connectivity index is 2.04. The Morgan fingerprint density at radius 2 is 1.90 bits per heavy atom. The van der Waals surface area contributed by atoms with Crippen LogP contribution in [-0.4, -0.2) is 30.4 Å². The van der Waals surface area contributed by atoms with Crippen molar-refractivity contribution in [3.8, 4) is 0 Å². The fraction of sp³-hybridized carbons (Fsp3) is 0.588. The number of carbonyl (C=O) groups is 1. The number of amides is 1. The first-order valence-electron chi connectivity index (χ1n) is 7.78. The van der Waals surface area contributed by atoms with Crippen molar-refractivity contribution < 1.29 is 4.79 Å². The lowest BCUT2D eigenvalue weighted by Gasteiger charge is -2.28. The van der Waals surface area contributed by atoms with Gasteiger partial charge >= 0.3 is 0 Å². The molecule has 0 aliphatic carbocycles. The molecule has 1 N–H and O–H groups in total. The maximum absolute atomic E-state index is 11.7. The number of aryl methyl sites for hydroxylation is 1. The molecule has 0 saturated carbocycles. The fourth-order valence-corrected chi connectivity index (χ4v) is 2.83. The second-order valence-corrected chi connectivity index (χ2v) is 5.72. The van der Waals surface area contributed by atoms with Crippen LogP contribution in [-0.2, 0) is 4.79 Å². The Labute approximate surface area is 122 Å². The number of benzene rings is 1. The highest BCUT2D eigenvalue weighted by Crippen LogP contribution is 2.24. The highest BCUT2D eigenvalue weighted by molar-refractivity contribution is 5.75. The van der Waals surface area contributed by atoms with Gasteiger partial charge in [-0.2, -0.15) is 0 Å². The molecule has 1 amide bonds. The van der Waals surface area contributed by atoms with Crippen LogP contribution < -0.4 is 5.32 Å². The molecule has 3 nitrogen and oxygen atoms in total. The number of nitrogens with zero attached hydrogens (tertiary/aromatic N) is 1. The van der Waals surface area contributed by atoms with Crippen molar-refractivity contribution in [1.29, 1.82) is 0 Å². The summed E-state index contributed by atoms with van der Waals surface area (Å²) in [5.41, 5.74) is 2.60. The van der Waals surface area contributed by atoms with Gasteiger partial charge in [0.05, 0.1) is 6.04 Å². The molecule has 110 valence electrons. The van der Waals surface area contributed by atoms with E-state index in [9.17, 15) is 4.79 Å². The molecule has 0 spiro atoms. The molecule has 2 rings (SSSR count). The molecule has 1 saturated heterocycles. The van der Waals surface area contributed by atoms with Gasteiger partial charge in [0, 0.05) is 13.0 Å². The van der Waals surface area contributed by atoms with E-state index in [1.807, 2.05) is 6.92 Å². The fourth-order valence-electron chi connectivity index (χ4n) is 2.83. The van der Waals surface area contributed by atoms with E-state index in [0.717, 1.165) is 26.1 Å². The molecular formula is C17H26N2O. The van der Waals surface area contributed by atoms with Crippen LogP contribution in [0, 0.1) is 6.92 Å². The van der Waals surface area contributed by atoms with Gasteiger partial charge in [0.1, 0.15) is 0 Å². The summed E-state index contributed by atoms with van der Waals surface area (Å²) in [4.78, 5) is 14.2. The van der Waals surface area contributed by atoms with E-state index >= 15 is 0 Å². The standard InChI is InChI=1S/C17H26N2O/c1-3-6-17(20)18-13-16(19-11-4-5-12-19)15-9-7-14(2)8-10-15/h7-10,16H,3-6,11-13H2,1-2H3,(H,18,20)/t16-/m1/s1. The zero-order valence-electron chi connectivity index (χ0n) is 12.7. The van der Waals surface area contributed by atoms with E-state index in [4.69, 9.17) is 0 Å². The highest BCUT2D eigenvalue weighted by atomic mass is 16.1. The smallest absolute Gasteiger partial charge is 0.220 e. The Kier molecular flexibility index (Phi) is 5.60. The molecule has 0 bridgehead atoms. The van der Waals surface area contributed by atoms with E-state index in [-0.39, 0.29) is 5.91 Å². The summed E-state index contributed by atoms with van der Waals surface area (Å²) in [5, 5.41) is 3.09. The molecular weight excluding hydrogens is 248 g/mol. The summed E-state index contributed by atoms with van der Waals surface area (Å²) >= 11 is 0. The molecule has 0 radical (unpaired) electrons. The predicted molar refractivity (Wildman–Crippen MR) is 82.6 cm³/mol. The quantitative estimate of drug-likeness (QED) is 0.864. The zero-order valence-corrected chi connectivity index (χ0v) is 12.7. The molecule has 1 heterocycles. The Morgan fingerprint density at radius 1 is 1.25 bits per heavy atom. The molecule has 20 heavy (non-hydrogen) atoms. The summed E-state index contributed by atoms with van der Waals surface area (Å²) in [6.07, 6.45) is 4.07. The maximum atomic E-state index is 11.7. The lowest BCUT2D eigenvalue weighted by molar-refractivity contribution is -0.121. The van der Waals surface area contributed by atoms with Gasteiger partial charge in [-0.15, -0.1) is 0 Å². The first kappa shape index (κ1) is 15.0. The number of hydrogen-bond acceptors (Lipinski definition) is 2. The number of carbonyl (C=O) groups excluding carboxylic acids is 1. The number of hydrogen-bond donors (Lipinski definition) is 1. The first-order valence-corrected chi connectivity index (χ1v) is 7.78. The van der Waals surface area contributed by atoms with Crippen molar-refractivity contribution in [2.24, 2.45) is 0 Å². The topological polar surface area (TPSA) is 32.3 Å². The Bertz CT molecular complexity index is 421. The average Bonchev–Trinajstić information content (AvgIpc) is 2.95. The van der Waals surface area contributed by atoms with Crippen molar-refractivity contribution in [3.05, 3.63) is 35.4 Å². The number of likely N-dealkylation sites (tertiary alicyclic amines) is 1. The second kappa shape index (κ2) is 7.44. The molecule has 1 aromatic rings. The predicted octanol–water partition coefficient (Wildman–Crippen LogP) is 3.05. The minimum Gasteiger partial charge on any atom is -0.354 e. The molecule has 1 fully saturated rings. The monoisotopic (exact) mass is 274 g/mol. The average molecular weight is 274 g/mol. The van der Waals surface area contributed by atoms with Gasteiger partial charge in [-0.05, 0) is 44.8 Å². The van der Waals surface area contributed by atoms with Gasteiger partial charge in [0.2, 0.25) is 5.91 Å². The largest absolute Gasteiger partial charge is 0.354 e. The van der Waals surface area contributed by atoms with Crippen LogP contribution in [0.25, 0.3) is 0 Å². The van der Waals surface area contributed by atoms with Crippen molar-refractivity contribution in [2.75, 3.05) is 19.6 Å². The van der Waals surface area contributed by atoms with Gasteiger partial charge in [-0.1, -0.05) is 36.8 Å². The van der Waals surface area contributed by atoms with E-state index in [1.165, 1.54) is 24.0 Å². The van der Waals surface area contributed by atoms with E-state index in [1.54, 1.807) is 0 Å².